The van der Waals surface area contributed by atoms with Crippen LogP contribution >= 0.6 is 0 Å². The molecular formula is C13H19N3O2. The Bertz CT molecular complexity index is 481. The van der Waals surface area contributed by atoms with E-state index >= 15 is 0 Å². The van der Waals surface area contributed by atoms with E-state index in [4.69, 9.17) is 11.5 Å². The second-order valence-corrected chi connectivity index (χ2v) is 5.07. The van der Waals surface area contributed by atoms with Crippen LogP contribution in [-0.4, -0.2) is 17.4 Å². The number of anilines is 1. The Morgan fingerprint density at radius 2 is 1.94 bits per heavy atom. The van der Waals surface area contributed by atoms with Gasteiger partial charge in [0.1, 0.15) is 0 Å². The highest BCUT2D eigenvalue weighted by Gasteiger charge is 2.24. The largest absolute Gasteiger partial charge is 0.398 e. The number of rotatable bonds is 4. The summed E-state index contributed by atoms with van der Waals surface area (Å²) >= 11 is 0. The Kier molecular flexibility index (Phi) is 3.96. The van der Waals surface area contributed by atoms with Crippen molar-refractivity contribution in [1.82, 2.24) is 5.32 Å². The molecule has 0 bridgehead atoms. The zero-order chi connectivity index (χ0) is 13.9. The smallest absolute Gasteiger partial charge is 0.253 e. The van der Waals surface area contributed by atoms with Gasteiger partial charge in [0.2, 0.25) is 5.91 Å². The van der Waals surface area contributed by atoms with Crippen LogP contribution in [0, 0.1) is 6.92 Å². The van der Waals surface area contributed by atoms with Gasteiger partial charge in [-0.05, 0) is 38.5 Å². The van der Waals surface area contributed by atoms with Crippen molar-refractivity contribution in [1.29, 1.82) is 0 Å². The van der Waals surface area contributed by atoms with Crippen molar-refractivity contribution in [3.63, 3.8) is 0 Å². The van der Waals surface area contributed by atoms with Gasteiger partial charge in [0.05, 0.1) is 5.56 Å². The summed E-state index contributed by atoms with van der Waals surface area (Å²) in [6, 6.07) is 5.21. The van der Waals surface area contributed by atoms with Crippen LogP contribution in [0.5, 0.6) is 0 Å². The van der Waals surface area contributed by atoms with Gasteiger partial charge >= 0.3 is 0 Å². The topological polar surface area (TPSA) is 98.2 Å². The van der Waals surface area contributed by atoms with Crippen molar-refractivity contribution < 1.29 is 9.59 Å². The molecule has 5 nitrogen and oxygen atoms in total. The van der Waals surface area contributed by atoms with E-state index in [9.17, 15) is 9.59 Å². The summed E-state index contributed by atoms with van der Waals surface area (Å²) in [4.78, 5) is 22.9. The SMILES string of the molecule is Cc1ccc(C(=O)NC(C)(C)CC(N)=O)c(N)c1. The molecule has 98 valence electrons. The third-order valence-electron chi connectivity index (χ3n) is 2.52. The van der Waals surface area contributed by atoms with Crippen molar-refractivity contribution in [2.75, 3.05) is 5.73 Å². The van der Waals surface area contributed by atoms with E-state index in [1.807, 2.05) is 13.0 Å². The molecule has 0 heterocycles. The average Bonchev–Trinajstić information content (AvgIpc) is 2.13. The summed E-state index contributed by atoms with van der Waals surface area (Å²) in [7, 11) is 0. The fraction of sp³-hybridized carbons (Fsp3) is 0.385. The van der Waals surface area contributed by atoms with E-state index in [2.05, 4.69) is 5.32 Å². The van der Waals surface area contributed by atoms with E-state index in [0.717, 1.165) is 5.56 Å². The molecule has 5 heteroatoms. The van der Waals surface area contributed by atoms with Crippen LogP contribution in [0.2, 0.25) is 0 Å². The molecule has 1 aromatic rings. The first-order valence-corrected chi connectivity index (χ1v) is 5.68. The van der Waals surface area contributed by atoms with Gasteiger partial charge in [0.15, 0.2) is 0 Å². The molecule has 0 aromatic heterocycles. The van der Waals surface area contributed by atoms with Gasteiger partial charge in [-0.2, -0.15) is 0 Å². The van der Waals surface area contributed by atoms with Crippen LogP contribution < -0.4 is 16.8 Å². The molecule has 0 aliphatic carbocycles. The summed E-state index contributed by atoms with van der Waals surface area (Å²) in [6.45, 7) is 5.37. The number of nitrogen functional groups attached to an aromatic ring is 1. The van der Waals surface area contributed by atoms with Crippen LogP contribution in [0.1, 0.15) is 36.2 Å². The molecule has 0 aliphatic rings. The summed E-state index contributed by atoms with van der Waals surface area (Å²) < 4.78 is 0. The molecular weight excluding hydrogens is 230 g/mol. The predicted molar refractivity (Wildman–Crippen MR) is 70.9 cm³/mol. The number of carbonyl (C=O) groups is 2. The van der Waals surface area contributed by atoms with Crippen LogP contribution in [0.3, 0.4) is 0 Å². The highest BCUT2D eigenvalue weighted by atomic mass is 16.2. The molecule has 1 aromatic carbocycles. The molecule has 0 aliphatic heterocycles. The summed E-state index contributed by atoms with van der Waals surface area (Å²) in [5, 5.41) is 2.74. The number of hydrogen-bond acceptors (Lipinski definition) is 3. The molecule has 18 heavy (non-hydrogen) atoms. The lowest BCUT2D eigenvalue weighted by molar-refractivity contribution is -0.119. The van der Waals surface area contributed by atoms with Gasteiger partial charge in [0.25, 0.3) is 5.91 Å². The molecule has 2 amide bonds. The molecule has 0 radical (unpaired) electrons. The van der Waals surface area contributed by atoms with Gasteiger partial charge in [0, 0.05) is 17.6 Å². The van der Waals surface area contributed by atoms with Crippen molar-refractivity contribution >= 4 is 17.5 Å². The fourth-order valence-corrected chi connectivity index (χ4v) is 1.74. The van der Waals surface area contributed by atoms with E-state index in [0.29, 0.717) is 11.3 Å². The lowest BCUT2D eigenvalue weighted by atomic mass is 9.99. The predicted octanol–water partition coefficient (Wildman–Crippen LogP) is 0.961. The average molecular weight is 249 g/mol. The zero-order valence-corrected chi connectivity index (χ0v) is 10.9. The molecule has 0 saturated carbocycles. The van der Waals surface area contributed by atoms with Gasteiger partial charge < -0.3 is 16.8 Å². The first-order valence-electron chi connectivity index (χ1n) is 5.68. The molecule has 5 N–H and O–H groups in total. The van der Waals surface area contributed by atoms with Crippen LogP contribution in [-0.2, 0) is 4.79 Å². The maximum absolute atomic E-state index is 12.0. The van der Waals surface area contributed by atoms with Crippen LogP contribution in [0.25, 0.3) is 0 Å². The molecule has 0 unspecified atom stereocenters. The van der Waals surface area contributed by atoms with E-state index in [-0.39, 0.29) is 12.3 Å². The summed E-state index contributed by atoms with van der Waals surface area (Å²) in [6.07, 6.45) is 0.0739. The number of nitrogens with one attached hydrogen (secondary N) is 1. The minimum atomic E-state index is -0.694. The highest BCUT2D eigenvalue weighted by molar-refractivity contribution is 5.99. The number of aryl methyl sites for hydroxylation is 1. The molecule has 0 spiro atoms. The van der Waals surface area contributed by atoms with Gasteiger partial charge in [-0.15, -0.1) is 0 Å². The number of nitrogens with two attached hydrogens (primary N) is 2. The molecule has 0 fully saturated rings. The van der Waals surface area contributed by atoms with E-state index in [1.54, 1.807) is 26.0 Å². The standard InChI is InChI=1S/C13H19N3O2/c1-8-4-5-9(10(14)6-8)12(18)16-13(2,3)7-11(15)17/h4-6H,7,14H2,1-3H3,(H2,15,17)(H,16,18). The second-order valence-electron chi connectivity index (χ2n) is 5.07. The first-order chi connectivity index (χ1) is 8.21. The first kappa shape index (κ1) is 14.0. The highest BCUT2D eigenvalue weighted by Crippen LogP contribution is 2.16. The monoisotopic (exact) mass is 249 g/mol. The third-order valence-corrected chi connectivity index (χ3v) is 2.52. The molecule has 1 rings (SSSR count). The van der Waals surface area contributed by atoms with Crippen molar-refractivity contribution in [3.05, 3.63) is 29.3 Å². The maximum atomic E-state index is 12.0. The number of primary amides is 1. The zero-order valence-electron chi connectivity index (χ0n) is 10.9. The number of amides is 2. The van der Waals surface area contributed by atoms with Gasteiger partial charge in [-0.3, -0.25) is 9.59 Å². The summed E-state index contributed by atoms with van der Waals surface area (Å²) in [5.74, 6) is -0.768. The van der Waals surface area contributed by atoms with Crippen LogP contribution in [0.4, 0.5) is 5.69 Å². The van der Waals surface area contributed by atoms with Crippen molar-refractivity contribution in [2.24, 2.45) is 5.73 Å². The normalized spacial score (nSPS) is 11.1. The second kappa shape index (κ2) is 5.08. The Labute approximate surface area is 107 Å². The van der Waals surface area contributed by atoms with E-state index in [1.165, 1.54) is 0 Å². The number of hydrogen-bond donors (Lipinski definition) is 3. The Morgan fingerprint density at radius 3 is 2.44 bits per heavy atom. The minimum absolute atomic E-state index is 0.0739. The minimum Gasteiger partial charge on any atom is -0.398 e. The Morgan fingerprint density at radius 1 is 1.33 bits per heavy atom. The lowest BCUT2D eigenvalue weighted by Crippen LogP contribution is -2.46. The number of benzene rings is 1. The van der Waals surface area contributed by atoms with Crippen LogP contribution in [0.15, 0.2) is 18.2 Å². The van der Waals surface area contributed by atoms with Crippen molar-refractivity contribution in [3.8, 4) is 0 Å². The lowest BCUT2D eigenvalue weighted by Gasteiger charge is -2.25. The maximum Gasteiger partial charge on any atom is 0.253 e. The summed E-state index contributed by atoms with van der Waals surface area (Å²) in [5.41, 5.74) is 12.0. The molecule has 0 atom stereocenters. The third kappa shape index (κ3) is 3.76. The number of carbonyl (C=O) groups excluding carboxylic acids is 2. The molecule has 0 saturated heterocycles. The fourth-order valence-electron chi connectivity index (χ4n) is 1.74. The Hall–Kier alpha value is -2.04. The van der Waals surface area contributed by atoms with Gasteiger partial charge in [-0.25, -0.2) is 0 Å². The quantitative estimate of drug-likeness (QED) is 0.693. The van der Waals surface area contributed by atoms with Crippen molar-refractivity contribution in [2.45, 2.75) is 32.7 Å². The van der Waals surface area contributed by atoms with E-state index < -0.39 is 11.4 Å². The van der Waals surface area contributed by atoms with Gasteiger partial charge in [-0.1, -0.05) is 6.07 Å². The Balaban J connectivity index is 2.85.